The lowest BCUT2D eigenvalue weighted by Crippen LogP contribution is -2.30. The summed E-state index contributed by atoms with van der Waals surface area (Å²) in [6.07, 6.45) is 3.68. The first-order chi connectivity index (χ1) is 8.08. The molecule has 0 saturated heterocycles. The van der Waals surface area contributed by atoms with Crippen molar-refractivity contribution in [2.24, 2.45) is 5.92 Å². The van der Waals surface area contributed by atoms with E-state index in [0.29, 0.717) is 11.8 Å². The fourth-order valence-electron chi connectivity index (χ4n) is 2.14. The van der Waals surface area contributed by atoms with Crippen molar-refractivity contribution in [3.05, 3.63) is 17.8 Å². The van der Waals surface area contributed by atoms with Gasteiger partial charge in [-0.25, -0.2) is 4.98 Å². The molecule has 4 heteroatoms. The summed E-state index contributed by atoms with van der Waals surface area (Å²) in [7, 11) is 2.02. The number of rotatable bonds is 6. The maximum atomic E-state index is 9.88. The number of hydrogen-bond acceptors (Lipinski definition) is 4. The van der Waals surface area contributed by atoms with E-state index in [1.54, 1.807) is 0 Å². The van der Waals surface area contributed by atoms with Gasteiger partial charge in [0.25, 0.3) is 0 Å². The summed E-state index contributed by atoms with van der Waals surface area (Å²) in [5, 5.41) is 9.88. The zero-order valence-corrected chi connectivity index (χ0v) is 10.9. The highest BCUT2D eigenvalue weighted by Crippen LogP contribution is 2.32. The number of nitrogens with zero attached hydrogens (tertiary/aromatic N) is 2. The van der Waals surface area contributed by atoms with Gasteiger partial charge in [0.15, 0.2) is 6.39 Å². The second-order valence-electron chi connectivity index (χ2n) is 5.42. The minimum Gasteiger partial charge on any atom is -0.448 e. The van der Waals surface area contributed by atoms with E-state index < -0.39 is 0 Å². The molecule has 0 aliphatic heterocycles. The first-order valence-electron chi connectivity index (χ1n) is 6.36. The van der Waals surface area contributed by atoms with Gasteiger partial charge in [-0.15, -0.1) is 0 Å². The van der Waals surface area contributed by atoms with E-state index in [1.807, 2.05) is 7.05 Å². The lowest BCUT2D eigenvalue weighted by atomic mass is 10.1. The Kier molecular flexibility index (Phi) is 3.84. The summed E-state index contributed by atoms with van der Waals surface area (Å²) < 4.78 is 5.39. The summed E-state index contributed by atoms with van der Waals surface area (Å²) >= 11 is 0. The van der Waals surface area contributed by atoms with Crippen LogP contribution in [0.25, 0.3) is 0 Å². The van der Waals surface area contributed by atoms with Gasteiger partial charge < -0.3 is 9.52 Å². The van der Waals surface area contributed by atoms with Crippen LogP contribution in [0.4, 0.5) is 0 Å². The van der Waals surface area contributed by atoms with Gasteiger partial charge >= 0.3 is 0 Å². The Morgan fingerprint density at radius 3 is 2.82 bits per heavy atom. The van der Waals surface area contributed by atoms with E-state index in [4.69, 9.17) is 4.42 Å². The molecule has 96 valence electrons. The molecule has 2 rings (SSSR count). The molecule has 0 radical (unpaired) electrons. The van der Waals surface area contributed by atoms with E-state index in [9.17, 15) is 5.11 Å². The van der Waals surface area contributed by atoms with Gasteiger partial charge in [-0.05, 0) is 25.8 Å². The topological polar surface area (TPSA) is 49.5 Å². The molecule has 1 aromatic rings. The van der Waals surface area contributed by atoms with Crippen molar-refractivity contribution >= 4 is 0 Å². The fraction of sp³-hybridized carbons (Fsp3) is 0.769. The molecule has 17 heavy (non-hydrogen) atoms. The SMILES string of the molecule is CC(C)c1ocnc1CN(C)CC(O)C1CC1. The normalized spacial score (nSPS) is 18.0. The Labute approximate surface area is 103 Å². The predicted octanol–water partition coefficient (Wildman–Crippen LogP) is 2.00. The molecule has 1 atom stereocenters. The van der Waals surface area contributed by atoms with E-state index >= 15 is 0 Å². The van der Waals surface area contributed by atoms with Crippen molar-refractivity contribution in [1.82, 2.24) is 9.88 Å². The van der Waals surface area contributed by atoms with Gasteiger partial charge in [-0.3, -0.25) is 4.90 Å². The molecule has 0 spiro atoms. The fourth-order valence-corrected chi connectivity index (χ4v) is 2.14. The van der Waals surface area contributed by atoms with Gasteiger partial charge in [-0.2, -0.15) is 0 Å². The molecular weight excluding hydrogens is 216 g/mol. The van der Waals surface area contributed by atoms with Crippen LogP contribution in [0.5, 0.6) is 0 Å². The highest BCUT2D eigenvalue weighted by Gasteiger charge is 2.30. The van der Waals surface area contributed by atoms with E-state index in [1.165, 1.54) is 19.2 Å². The molecular formula is C13H22N2O2. The molecule has 0 amide bonds. The molecule has 0 bridgehead atoms. The van der Waals surface area contributed by atoms with E-state index in [0.717, 1.165) is 24.5 Å². The smallest absolute Gasteiger partial charge is 0.181 e. The average Bonchev–Trinajstić information content (AvgIpc) is 2.99. The second kappa shape index (κ2) is 5.19. The summed E-state index contributed by atoms with van der Waals surface area (Å²) in [6.45, 7) is 5.66. The zero-order valence-electron chi connectivity index (χ0n) is 10.9. The van der Waals surface area contributed by atoms with Gasteiger partial charge in [-0.1, -0.05) is 13.8 Å². The van der Waals surface area contributed by atoms with Crippen molar-refractivity contribution in [3.63, 3.8) is 0 Å². The Balaban J connectivity index is 1.88. The Hall–Kier alpha value is -0.870. The molecule has 1 saturated carbocycles. The van der Waals surface area contributed by atoms with Crippen LogP contribution in [0.2, 0.25) is 0 Å². The highest BCUT2D eigenvalue weighted by atomic mass is 16.3. The van der Waals surface area contributed by atoms with Crippen LogP contribution < -0.4 is 0 Å². The first-order valence-corrected chi connectivity index (χ1v) is 6.36. The molecule has 4 nitrogen and oxygen atoms in total. The summed E-state index contributed by atoms with van der Waals surface area (Å²) in [5.41, 5.74) is 0.991. The van der Waals surface area contributed by atoms with Gasteiger partial charge in [0.05, 0.1) is 11.8 Å². The number of hydrogen-bond donors (Lipinski definition) is 1. The van der Waals surface area contributed by atoms with Gasteiger partial charge in [0.2, 0.25) is 0 Å². The number of aliphatic hydroxyl groups excluding tert-OH is 1. The van der Waals surface area contributed by atoms with Crippen molar-refractivity contribution in [1.29, 1.82) is 0 Å². The molecule has 1 aliphatic carbocycles. The molecule has 1 unspecified atom stereocenters. The third-order valence-corrected chi connectivity index (χ3v) is 3.28. The van der Waals surface area contributed by atoms with Crippen LogP contribution in [0.3, 0.4) is 0 Å². The van der Waals surface area contributed by atoms with Crippen molar-refractivity contribution in [2.45, 2.75) is 45.3 Å². The first kappa shape index (κ1) is 12.6. The van der Waals surface area contributed by atoms with E-state index in [-0.39, 0.29) is 6.10 Å². The Morgan fingerprint density at radius 1 is 1.53 bits per heavy atom. The van der Waals surface area contributed by atoms with Crippen LogP contribution in [-0.4, -0.2) is 34.7 Å². The van der Waals surface area contributed by atoms with Crippen LogP contribution in [0.15, 0.2) is 10.8 Å². The maximum absolute atomic E-state index is 9.88. The average molecular weight is 238 g/mol. The minimum absolute atomic E-state index is 0.186. The molecule has 1 aromatic heterocycles. The van der Waals surface area contributed by atoms with Crippen LogP contribution >= 0.6 is 0 Å². The predicted molar refractivity (Wildman–Crippen MR) is 65.7 cm³/mol. The third-order valence-electron chi connectivity index (χ3n) is 3.28. The lowest BCUT2D eigenvalue weighted by Gasteiger charge is -2.19. The van der Waals surface area contributed by atoms with Crippen LogP contribution in [0, 0.1) is 5.92 Å². The van der Waals surface area contributed by atoms with Crippen molar-refractivity contribution < 1.29 is 9.52 Å². The second-order valence-corrected chi connectivity index (χ2v) is 5.42. The van der Waals surface area contributed by atoms with Gasteiger partial charge in [0.1, 0.15) is 5.76 Å². The third kappa shape index (κ3) is 3.30. The maximum Gasteiger partial charge on any atom is 0.181 e. The summed E-state index contributed by atoms with van der Waals surface area (Å²) in [5.74, 6) is 1.84. The number of aromatic nitrogens is 1. The monoisotopic (exact) mass is 238 g/mol. The molecule has 1 N–H and O–H groups in total. The zero-order chi connectivity index (χ0) is 12.4. The highest BCUT2D eigenvalue weighted by molar-refractivity contribution is 5.10. The Morgan fingerprint density at radius 2 is 2.24 bits per heavy atom. The number of oxazole rings is 1. The molecule has 1 aliphatic rings. The van der Waals surface area contributed by atoms with Crippen molar-refractivity contribution in [2.75, 3.05) is 13.6 Å². The quantitative estimate of drug-likeness (QED) is 0.823. The number of likely N-dealkylation sites (N-methyl/N-ethyl adjacent to an activating group) is 1. The summed E-state index contributed by atoms with van der Waals surface area (Å²) in [6, 6.07) is 0. The Bertz CT molecular complexity index is 358. The molecule has 1 heterocycles. The molecule has 1 fully saturated rings. The minimum atomic E-state index is -0.186. The van der Waals surface area contributed by atoms with Crippen LogP contribution in [0.1, 0.15) is 44.1 Å². The largest absolute Gasteiger partial charge is 0.448 e. The van der Waals surface area contributed by atoms with E-state index in [2.05, 4.69) is 23.7 Å². The van der Waals surface area contributed by atoms with Crippen molar-refractivity contribution in [3.8, 4) is 0 Å². The standard InChI is InChI=1S/C13H22N2O2/c1-9(2)13-11(14-8-17-13)6-15(3)7-12(16)10-4-5-10/h8-10,12,16H,4-7H2,1-3H3. The van der Waals surface area contributed by atoms with Gasteiger partial charge in [0, 0.05) is 19.0 Å². The van der Waals surface area contributed by atoms with Crippen LogP contribution in [-0.2, 0) is 6.54 Å². The number of aliphatic hydroxyl groups is 1. The summed E-state index contributed by atoms with van der Waals surface area (Å²) in [4.78, 5) is 6.37. The lowest BCUT2D eigenvalue weighted by molar-refractivity contribution is 0.103. The molecule has 0 aromatic carbocycles.